The fourth-order valence-corrected chi connectivity index (χ4v) is 3.97. The summed E-state index contributed by atoms with van der Waals surface area (Å²) in [7, 11) is -1.70. The second kappa shape index (κ2) is 9.92. The van der Waals surface area contributed by atoms with Gasteiger partial charge in [-0.2, -0.15) is 0 Å². The van der Waals surface area contributed by atoms with Crippen LogP contribution in [0.25, 0.3) is 0 Å². The van der Waals surface area contributed by atoms with E-state index in [9.17, 15) is 0 Å². The topological polar surface area (TPSA) is 9.23 Å². The molecular formula is C20H42OSi. The highest BCUT2D eigenvalue weighted by molar-refractivity contribution is 6.74. The van der Waals surface area contributed by atoms with Gasteiger partial charge in [0, 0.05) is 5.92 Å². The minimum Gasteiger partial charge on any atom is -0.413 e. The summed E-state index contributed by atoms with van der Waals surface area (Å²) in [5.41, 5.74) is 1.43. The highest BCUT2D eigenvalue weighted by Crippen LogP contribution is 2.39. The maximum absolute atomic E-state index is 6.86. The van der Waals surface area contributed by atoms with E-state index in [1.54, 1.807) is 0 Å². The molecule has 0 aromatic heterocycles. The van der Waals surface area contributed by atoms with E-state index in [2.05, 4.69) is 67.6 Å². The third kappa shape index (κ3) is 7.96. The second-order valence-corrected chi connectivity index (χ2v) is 13.4. The molecule has 0 aromatic rings. The van der Waals surface area contributed by atoms with Crippen molar-refractivity contribution >= 4 is 8.32 Å². The lowest BCUT2D eigenvalue weighted by Gasteiger charge is -2.41. The van der Waals surface area contributed by atoms with Crippen LogP contribution in [0.4, 0.5) is 0 Å². The van der Waals surface area contributed by atoms with Crippen molar-refractivity contribution in [2.24, 2.45) is 5.92 Å². The van der Waals surface area contributed by atoms with Gasteiger partial charge in [-0.3, -0.25) is 0 Å². The van der Waals surface area contributed by atoms with Gasteiger partial charge in [0.15, 0.2) is 8.32 Å². The van der Waals surface area contributed by atoms with Gasteiger partial charge in [-0.05, 0) is 44.8 Å². The van der Waals surface area contributed by atoms with E-state index < -0.39 is 8.32 Å². The molecule has 0 unspecified atom stereocenters. The zero-order chi connectivity index (χ0) is 17.4. The van der Waals surface area contributed by atoms with Crippen LogP contribution in [-0.2, 0) is 4.43 Å². The molecule has 0 amide bonds. The molecule has 0 heterocycles. The van der Waals surface area contributed by atoms with E-state index in [-0.39, 0.29) is 5.04 Å². The van der Waals surface area contributed by atoms with Crippen molar-refractivity contribution in [2.45, 2.75) is 111 Å². The molecule has 0 saturated heterocycles. The van der Waals surface area contributed by atoms with Crippen LogP contribution in [-0.4, -0.2) is 14.4 Å². The SMILES string of the molecule is CCCC[C@H](O[Si](C)(C)C(C)(C)C)[C@@H](C=C(C)C)CCCC. The van der Waals surface area contributed by atoms with Crippen molar-refractivity contribution in [1.82, 2.24) is 0 Å². The van der Waals surface area contributed by atoms with Gasteiger partial charge in [-0.15, -0.1) is 0 Å². The van der Waals surface area contributed by atoms with Crippen molar-refractivity contribution < 1.29 is 4.43 Å². The number of unbranched alkanes of at least 4 members (excludes halogenated alkanes) is 2. The van der Waals surface area contributed by atoms with Crippen LogP contribution in [0.15, 0.2) is 11.6 Å². The summed E-state index contributed by atoms with van der Waals surface area (Å²) in [6, 6.07) is 0. The summed E-state index contributed by atoms with van der Waals surface area (Å²) in [5, 5.41) is 0.289. The van der Waals surface area contributed by atoms with Gasteiger partial charge in [0.05, 0.1) is 6.10 Å². The molecule has 0 saturated carbocycles. The molecule has 0 rings (SSSR count). The predicted molar refractivity (Wildman–Crippen MR) is 104 cm³/mol. The molecule has 0 radical (unpaired) electrons. The molecule has 0 aliphatic carbocycles. The molecule has 0 fully saturated rings. The Hall–Kier alpha value is -0.0831. The van der Waals surface area contributed by atoms with E-state index in [0.29, 0.717) is 12.0 Å². The average molecular weight is 327 g/mol. The first kappa shape index (κ1) is 21.9. The van der Waals surface area contributed by atoms with E-state index in [0.717, 1.165) is 0 Å². The predicted octanol–water partition coefficient (Wildman–Crippen LogP) is 7.34. The normalized spacial score (nSPS) is 15.5. The zero-order valence-corrected chi connectivity index (χ0v) is 17.9. The maximum Gasteiger partial charge on any atom is 0.192 e. The van der Waals surface area contributed by atoms with Crippen LogP contribution in [0.3, 0.4) is 0 Å². The van der Waals surface area contributed by atoms with Crippen molar-refractivity contribution in [3.05, 3.63) is 11.6 Å². The van der Waals surface area contributed by atoms with Crippen LogP contribution in [0.2, 0.25) is 18.1 Å². The fourth-order valence-electron chi connectivity index (χ4n) is 2.57. The summed E-state index contributed by atoms with van der Waals surface area (Å²) in [6.07, 6.45) is 10.5. The maximum atomic E-state index is 6.86. The fraction of sp³-hybridized carbons (Fsp3) is 0.900. The van der Waals surface area contributed by atoms with Gasteiger partial charge < -0.3 is 4.43 Å². The van der Waals surface area contributed by atoms with Crippen LogP contribution in [0, 0.1) is 5.92 Å². The third-order valence-corrected chi connectivity index (χ3v) is 9.51. The van der Waals surface area contributed by atoms with Crippen LogP contribution < -0.4 is 0 Å². The number of allylic oxidation sites excluding steroid dienone is 1. The van der Waals surface area contributed by atoms with Gasteiger partial charge >= 0.3 is 0 Å². The Bertz CT molecular complexity index is 321. The van der Waals surface area contributed by atoms with E-state index in [1.165, 1.54) is 44.1 Å². The van der Waals surface area contributed by atoms with Crippen molar-refractivity contribution in [3.8, 4) is 0 Å². The Balaban J connectivity index is 5.23. The standard InChI is InChI=1S/C20H42OSi/c1-10-12-14-18(16-17(3)4)19(15-13-11-2)21-22(8,9)20(5,6)7/h16,18-19H,10-15H2,1-9H3/t18-,19+/m1/s1. The van der Waals surface area contributed by atoms with Gasteiger partial charge in [-0.25, -0.2) is 0 Å². The lowest BCUT2D eigenvalue weighted by molar-refractivity contribution is 0.121. The largest absolute Gasteiger partial charge is 0.413 e. The Morgan fingerprint density at radius 3 is 1.91 bits per heavy atom. The lowest BCUT2D eigenvalue weighted by Crippen LogP contribution is -2.45. The Labute approximate surface area is 142 Å². The van der Waals surface area contributed by atoms with Crippen molar-refractivity contribution in [2.75, 3.05) is 0 Å². The van der Waals surface area contributed by atoms with Crippen LogP contribution >= 0.6 is 0 Å². The average Bonchev–Trinajstić information content (AvgIpc) is 2.37. The van der Waals surface area contributed by atoms with Crippen molar-refractivity contribution in [1.29, 1.82) is 0 Å². The first-order chi connectivity index (χ1) is 10.0. The summed E-state index contributed by atoms with van der Waals surface area (Å²) in [4.78, 5) is 0. The minimum atomic E-state index is -1.70. The Kier molecular flexibility index (Phi) is 9.89. The van der Waals surface area contributed by atoms with Gasteiger partial charge in [0.25, 0.3) is 0 Å². The molecule has 1 nitrogen and oxygen atoms in total. The molecule has 132 valence electrons. The highest BCUT2D eigenvalue weighted by Gasteiger charge is 2.40. The van der Waals surface area contributed by atoms with Gasteiger partial charge in [0.1, 0.15) is 0 Å². The zero-order valence-electron chi connectivity index (χ0n) is 16.9. The molecular weight excluding hydrogens is 284 g/mol. The molecule has 0 aromatic carbocycles. The minimum absolute atomic E-state index is 0.289. The Morgan fingerprint density at radius 2 is 1.50 bits per heavy atom. The lowest BCUT2D eigenvalue weighted by atomic mass is 9.91. The van der Waals surface area contributed by atoms with Crippen molar-refractivity contribution in [3.63, 3.8) is 0 Å². The van der Waals surface area contributed by atoms with Crippen LogP contribution in [0.1, 0.15) is 87.0 Å². The molecule has 0 aliphatic heterocycles. The van der Waals surface area contributed by atoms with E-state index in [1.807, 2.05) is 0 Å². The second-order valence-electron chi connectivity index (χ2n) is 8.61. The smallest absolute Gasteiger partial charge is 0.192 e. The first-order valence-corrected chi connectivity index (χ1v) is 12.3. The summed E-state index contributed by atoms with van der Waals surface area (Å²) >= 11 is 0. The molecule has 2 atom stereocenters. The first-order valence-electron chi connectivity index (χ1n) is 9.38. The Morgan fingerprint density at radius 1 is 1.00 bits per heavy atom. The summed E-state index contributed by atoms with van der Waals surface area (Å²) in [6.45, 7) is 20.8. The molecule has 0 bridgehead atoms. The number of hydrogen-bond acceptors (Lipinski definition) is 1. The van der Waals surface area contributed by atoms with Crippen LogP contribution in [0.5, 0.6) is 0 Å². The van der Waals surface area contributed by atoms with Gasteiger partial charge in [-0.1, -0.05) is 72.0 Å². The van der Waals surface area contributed by atoms with Gasteiger partial charge in [0.2, 0.25) is 0 Å². The molecule has 0 spiro atoms. The monoisotopic (exact) mass is 326 g/mol. The van der Waals surface area contributed by atoms with E-state index in [4.69, 9.17) is 4.43 Å². The van der Waals surface area contributed by atoms with E-state index >= 15 is 0 Å². The third-order valence-electron chi connectivity index (χ3n) is 5.01. The molecule has 22 heavy (non-hydrogen) atoms. The number of rotatable bonds is 10. The molecule has 0 N–H and O–H groups in total. The highest BCUT2D eigenvalue weighted by atomic mass is 28.4. The molecule has 2 heteroatoms. The molecule has 0 aliphatic rings. The quantitative estimate of drug-likeness (QED) is 0.301. The summed E-state index contributed by atoms with van der Waals surface area (Å²) in [5.74, 6) is 0.589. The summed E-state index contributed by atoms with van der Waals surface area (Å²) < 4.78 is 6.86. The number of hydrogen-bond donors (Lipinski definition) is 0.